The van der Waals surface area contributed by atoms with E-state index in [-0.39, 0.29) is 0 Å². The van der Waals surface area contributed by atoms with Gasteiger partial charge in [-0.2, -0.15) is 30.7 Å². The molecule has 1 aromatic carbocycles. The van der Waals surface area contributed by atoms with Crippen molar-refractivity contribution in [3.63, 3.8) is 0 Å². The molecule has 1 aliphatic carbocycles. The second-order valence-electron chi connectivity index (χ2n) is 5.55. The van der Waals surface area contributed by atoms with Gasteiger partial charge in [-0.25, -0.2) is 17.6 Å². The summed E-state index contributed by atoms with van der Waals surface area (Å²) in [7, 11) is 0. The molecule has 27 heavy (non-hydrogen) atoms. The van der Waals surface area contributed by atoms with Crippen molar-refractivity contribution in [3.05, 3.63) is 40.1 Å². The van der Waals surface area contributed by atoms with Crippen molar-refractivity contribution in [1.29, 1.82) is 0 Å². The Hall–Kier alpha value is -2.01. The van der Waals surface area contributed by atoms with Gasteiger partial charge in [0.15, 0.2) is 23.3 Å². The zero-order chi connectivity index (χ0) is 21.1. The SMILES string of the molecule is CCN(CC)C1=C(C(F)(F)C(F)(F)F)c2c(F)c(F)c(F)c(F)c2C1(F)F. The van der Waals surface area contributed by atoms with Crippen LogP contribution in [0, 0.1) is 23.3 Å². The predicted molar refractivity (Wildman–Crippen MR) is 71.0 cm³/mol. The molecule has 0 unspecified atom stereocenters. The number of hydrogen-bond acceptors (Lipinski definition) is 1. The summed E-state index contributed by atoms with van der Waals surface area (Å²) in [6.45, 7) is 1.10. The van der Waals surface area contributed by atoms with E-state index in [1.165, 1.54) is 0 Å². The highest BCUT2D eigenvalue weighted by Gasteiger charge is 2.68. The van der Waals surface area contributed by atoms with Crippen molar-refractivity contribution in [2.45, 2.75) is 31.9 Å². The number of halogens is 11. The maximum atomic E-state index is 14.7. The fourth-order valence-corrected chi connectivity index (χ4v) is 2.90. The molecule has 12 heteroatoms. The number of alkyl halides is 7. The molecule has 0 radical (unpaired) electrons. The molecule has 1 aliphatic rings. The normalized spacial score (nSPS) is 16.8. The number of allylic oxidation sites excluding steroid dienone is 2. The monoisotopic (exact) mass is 413 g/mol. The first-order chi connectivity index (χ1) is 12.2. The van der Waals surface area contributed by atoms with Gasteiger partial charge in [-0.1, -0.05) is 0 Å². The summed E-state index contributed by atoms with van der Waals surface area (Å²) in [6.07, 6.45) is -6.49. The molecular weight excluding hydrogens is 403 g/mol. The molecule has 0 bridgehead atoms. The Kier molecular flexibility index (Phi) is 4.94. The van der Waals surface area contributed by atoms with E-state index in [1.807, 2.05) is 0 Å². The number of likely N-dealkylation sites (N-methyl/N-ethyl adjacent to an activating group) is 1. The Labute approximate surface area is 145 Å². The number of hydrogen-bond donors (Lipinski definition) is 0. The molecular formula is C15H10F11N. The minimum Gasteiger partial charge on any atom is -0.370 e. The molecule has 0 N–H and O–H groups in total. The van der Waals surface area contributed by atoms with Gasteiger partial charge < -0.3 is 4.90 Å². The first-order valence-electron chi connectivity index (χ1n) is 7.35. The van der Waals surface area contributed by atoms with Gasteiger partial charge in [0.05, 0.1) is 16.8 Å². The molecule has 0 fully saturated rings. The van der Waals surface area contributed by atoms with Gasteiger partial charge in [0, 0.05) is 18.7 Å². The van der Waals surface area contributed by atoms with Crippen LogP contribution in [0.5, 0.6) is 0 Å². The minimum atomic E-state index is -6.49. The number of rotatable bonds is 4. The van der Waals surface area contributed by atoms with Crippen molar-refractivity contribution < 1.29 is 48.3 Å². The lowest BCUT2D eigenvalue weighted by Crippen LogP contribution is -2.40. The quantitative estimate of drug-likeness (QED) is 0.353. The van der Waals surface area contributed by atoms with Gasteiger partial charge in [0.25, 0.3) is 0 Å². The van der Waals surface area contributed by atoms with Crippen molar-refractivity contribution in [2.24, 2.45) is 0 Å². The van der Waals surface area contributed by atoms with E-state index in [4.69, 9.17) is 0 Å². The lowest BCUT2D eigenvalue weighted by molar-refractivity contribution is -0.254. The maximum Gasteiger partial charge on any atom is 0.458 e. The first kappa shape index (κ1) is 21.3. The van der Waals surface area contributed by atoms with Crippen LogP contribution in [0.25, 0.3) is 5.57 Å². The number of nitrogens with zero attached hydrogens (tertiary/aromatic N) is 1. The summed E-state index contributed by atoms with van der Waals surface area (Å²) in [6, 6.07) is 0. The van der Waals surface area contributed by atoms with E-state index < -0.39 is 76.8 Å². The van der Waals surface area contributed by atoms with Crippen molar-refractivity contribution in [2.75, 3.05) is 13.1 Å². The average molecular weight is 413 g/mol. The third kappa shape index (κ3) is 2.75. The fraction of sp³-hybridized carbons (Fsp3) is 0.467. The summed E-state index contributed by atoms with van der Waals surface area (Å²) in [5.41, 5.74) is -9.44. The summed E-state index contributed by atoms with van der Waals surface area (Å²) in [5, 5.41) is 0. The van der Waals surface area contributed by atoms with Crippen LogP contribution in [0.1, 0.15) is 25.0 Å². The maximum absolute atomic E-state index is 14.7. The average Bonchev–Trinajstić information content (AvgIpc) is 2.80. The van der Waals surface area contributed by atoms with Crippen LogP contribution >= 0.6 is 0 Å². The lowest BCUT2D eigenvalue weighted by atomic mass is 9.98. The van der Waals surface area contributed by atoms with Gasteiger partial charge in [0.1, 0.15) is 0 Å². The van der Waals surface area contributed by atoms with Crippen LogP contribution in [0.15, 0.2) is 5.70 Å². The third-order valence-corrected chi connectivity index (χ3v) is 4.11. The van der Waals surface area contributed by atoms with Crippen LogP contribution in [0.4, 0.5) is 48.3 Å². The van der Waals surface area contributed by atoms with E-state index in [0.717, 1.165) is 13.8 Å². The van der Waals surface area contributed by atoms with E-state index in [0.29, 0.717) is 4.90 Å². The molecule has 0 atom stereocenters. The zero-order valence-electron chi connectivity index (χ0n) is 13.5. The van der Waals surface area contributed by atoms with Gasteiger partial charge in [-0.15, -0.1) is 0 Å². The summed E-state index contributed by atoms with van der Waals surface area (Å²) >= 11 is 0. The molecule has 0 spiro atoms. The highest BCUT2D eigenvalue weighted by atomic mass is 19.4. The summed E-state index contributed by atoms with van der Waals surface area (Å²) in [5.74, 6) is -22.1. The molecule has 0 heterocycles. The molecule has 152 valence electrons. The van der Waals surface area contributed by atoms with Gasteiger partial charge in [-0.05, 0) is 13.8 Å². The molecule has 0 saturated carbocycles. The van der Waals surface area contributed by atoms with E-state index in [9.17, 15) is 48.3 Å². The number of benzene rings is 1. The fourth-order valence-electron chi connectivity index (χ4n) is 2.90. The molecule has 1 aromatic rings. The van der Waals surface area contributed by atoms with E-state index >= 15 is 0 Å². The van der Waals surface area contributed by atoms with Crippen LogP contribution < -0.4 is 0 Å². The largest absolute Gasteiger partial charge is 0.458 e. The Morgan fingerprint density at radius 1 is 0.778 bits per heavy atom. The van der Waals surface area contributed by atoms with Gasteiger partial charge in [0.2, 0.25) is 0 Å². The molecule has 0 saturated heterocycles. The summed E-state index contributed by atoms with van der Waals surface area (Å²) < 4.78 is 151. The Balaban J connectivity index is 3.10. The van der Waals surface area contributed by atoms with Crippen molar-refractivity contribution in [3.8, 4) is 0 Å². The lowest BCUT2D eigenvalue weighted by Gasteiger charge is -2.30. The topological polar surface area (TPSA) is 3.24 Å². The van der Waals surface area contributed by atoms with Gasteiger partial charge in [-0.3, -0.25) is 0 Å². The van der Waals surface area contributed by atoms with Crippen molar-refractivity contribution >= 4 is 5.57 Å². The summed E-state index contributed by atoms with van der Waals surface area (Å²) in [4.78, 5) is 0.309. The number of fused-ring (bicyclic) bond motifs is 1. The predicted octanol–water partition coefficient (Wildman–Crippen LogP) is 5.60. The van der Waals surface area contributed by atoms with Gasteiger partial charge >= 0.3 is 18.0 Å². The molecule has 2 rings (SSSR count). The third-order valence-electron chi connectivity index (χ3n) is 4.11. The highest BCUT2D eigenvalue weighted by Crippen LogP contribution is 2.59. The molecule has 0 amide bonds. The minimum absolute atomic E-state index is 0.309. The Morgan fingerprint density at radius 2 is 1.22 bits per heavy atom. The zero-order valence-corrected chi connectivity index (χ0v) is 13.5. The van der Waals surface area contributed by atoms with Crippen LogP contribution in [0.2, 0.25) is 0 Å². The first-order valence-corrected chi connectivity index (χ1v) is 7.35. The van der Waals surface area contributed by atoms with Crippen molar-refractivity contribution in [1.82, 2.24) is 4.90 Å². The highest BCUT2D eigenvalue weighted by molar-refractivity contribution is 5.83. The van der Waals surface area contributed by atoms with Crippen LogP contribution in [0.3, 0.4) is 0 Å². The standard InChI is InChI=1S/C15H10F11N/c1-3-27(4-2)12-7(14(22,23)15(24,25)26)5-6(13(12,20)21)9(17)11(19)10(18)8(5)16/h3-4H2,1-2H3. The Morgan fingerprint density at radius 3 is 1.63 bits per heavy atom. The smallest absolute Gasteiger partial charge is 0.370 e. The van der Waals surface area contributed by atoms with E-state index in [1.54, 1.807) is 0 Å². The molecule has 1 nitrogen and oxygen atoms in total. The second kappa shape index (κ2) is 6.26. The van der Waals surface area contributed by atoms with E-state index in [2.05, 4.69) is 0 Å². The Bertz CT molecular complexity index is 803. The van der Waals surface area contributed by atoms with Crippen LogP contribution in [-0.2, 0) is 5.92 Å². The van der Waals surface area contributed by atoms with Crippen LogP contribution in [-0.4, -0.2) is 30.1 Å². The molecule has 0 aromatic heterocycles. The second-order valence-corrected chi connectivity index (χ2v) is 5.55. The molecule has 0 aliphatic heterocycles.